The van der Waals surface area contributed by atoms with Crippen LogP contribution in [0.2, 0.25) is 0 Å². The van der Waals surface area contributed by atoms with Gasteiger partial charge in [-0.1, -0.05) is 25.5 Å². The summed E-state index contributed by atoms with van der Waals surface area (Å²) in [6.45, 7) is 11.0. The molecule has 0 bridgehead atoms. The van der Waals surface area contributed by atoms with Crippen molar-refractivity contribution in [2.45, 2.75) is 40.7 Å². The summed E-state index contributed by atoms with van der Waals surface area (Å²) in [6.07, 6.45) is 2.50. The molecule has 1 atom stereocenters. The van der Waals surface area contributed by atoms with Crippen LogP contribution in [0.5, 0.6) is 0 Å². The average molecular weight is 180 g/mol. The van der Waals surface area contributed by atoms with Crippen molar-refractivity contribution < 1.29 is 4.74 Å². The molecule has 1 heteroatoms. The number of allylic oxidation sites excluding steroid dienone is 2. The molecule has 0 heterocycles. The first-order valence-corrected chi connectivity index (χ1v) is 4.80. The zero-order valence-corrected chi connectivity index (χ0v) is 9.56. The smallest absolute Gasteiger partial charge is 0.0872 e. The van der Waals surface area contributed by atoms with E-state index < -0.39 is 0 Å². The molecule has 0 radical (unpaired) electrons. The van der Waals surface area contributed by atoms with Gasteiger partial charge >= 0.3 is 0 Å². The van der Waals surface area contributed by atoms with Crippen molar-refractivity contribution in [1.29, 1.82) is 0 Å². The fourth-order valence-electron chi connectivity index (χ4n) is 2.05. The lowest BCUT2D eigenvalue weighted by molar-refractivity contribution is 0.0511. The van der Waals surface area contributed by atoms with Crippen molar-refractivity contribution in [3.63, 3.8) is 0 Å². The number of ether oxygens (including phenoxy) is 1. The Morgan fingerprint density at radius 2 is 1.77 bits per heavy atom. The minimum Gasteiger partial charge on any atom is -0.376 e. The lowest BCUT2D eigenvalue weighted by Crippen LogP contribution is -2.35. The van der Waals surface area contributed by atoms with E-state index in [9.17, 15) is 0 Å². The molecule has 0 spiro atoms. The van der Waals surface area contributed by atoms with Crippen molar-refractivity contribution >= 4 is 0 Å². The van der Waals surface area contributed by atoms with Gasteiger partial charge in [0.1, 0.15) is 0 Å². The maximum atomic E-state index is 5.56. The highest BCUT2D eigenvalue weighted by atomic mass is 16.5. The summed E-state index contributed by atoms with van der Waals surface area (Å²) in [6, 6.07) is 0. The Hall–Kier alpha value is -0.560. The second kappa shape index (κ2) is 3.30. The van der Waals surface area contributed by atoms with E-state index in [1.165, 1.54) is 16.7 Å². The van der Waals surface area contributed by atoms with E-state index in [4.69, 9.17) is 4.74 Å². The second-order valence-corrected chi connectivity index (χ2v) is 4.53. The second-order valence-electron chi connectivity index (χ2n) is 4.53. The molecule has 0 fully saturated rings. The molecule has 74 valence electrons. The number of hydrogen-bond donors (Lipinski definition) is 0. The van der Waals surface area contributed by atoms with Crippen LogP contribution in [0.1, 0.15) is 34.6 Å². The first-order chi connectivity index (χ1) is 5.91. The third-order valence-corrected chi connectivity index (χ3v) is 3.36. The van der Waals surface area contributed by atoms with Gasteiger partial charge in [-0.15, -0.1) is 0 Å². The van der Waals surface area contributed by atoms with Crippen LogP contribution >= 0.6 is 0 Å². The molecule has 0 aromatic heterocycles. The number of methoxy groups -OCH3 is 1. The molecule has 1 aliphatic carbocycles. The molecule has 0 aromatic carbocycles. The first-order valence-electron chi connectivity index (χ1n) is 4.80. The summed E-state index contributed by atoms with van der Waals surface area (Å²) in [5.41, 5.74) is 4.25. The summed E-state index contributed by atoms with van der Waals surface area (Å²) in [5.74, 6) is 0. The van der Waals surface area contributed by atoms with Crippen LogP contribution in [0.25, 0.3) is 0 Å². The van der Waals surface area contributed by atoms with Gasteiger partial charge < -0.3 is 4.74 Å². The third kappa shape index (κ3) is 1.58. The molecule has 0 saturated carbocycles. The van der Waals surface area contributed by atoms with Crippen LogP contribution < -0.4 is 0 Å². The summed E-state index contributed by atoms with van der Waals surface area (Å²) >= 11 is 0. The zero-order chi connectivity index (χ0) is 10.2. The van der Waals surface area contributed by atoms with Crippen molar-refractivity contribution in [3.8, 4) is 0 Å². The monoisotopic (exact) mass is 180 g/mol. The minimum absolute atomic E-state index is 0.137. The maximum Gasteiger partial charge on any atom is 0.0872 e. The lowest BCUT2D eigenvalue weighted by atomic mass is 9.72. The van der Waals surface area contributed by atoms with Crippen LogP contribution in [0.3, 0.4) is 0 Å². The molecule has 0 aliphatic heterocycles. The van der Waals surface area contributed by atoms with E-state index in [1.807, 2.05) is 0 Å². The summed E-state index contributed by atoms with van der Waals surface area (Å²) in [5, 5.41) is 0. The number of hydrogen-bond acceptors (Lipinski definition) is 1. The quantitative estimate of drug-likeness (QED) is 0.601. The molecule has 0 saturated heterocycles. The maximum absolute atomic E-state index is 5.56. The molecule has 0 aromatic rings. The standard InChI is InChI=1S/C12H20O/c1-8-7-9(2)12(4,5)11(13-6)10(8)3/h7,11H,1-6H3. The Labute approximate surface area is 81.5 Å². The third-order valence-electron chi connectivity index (χ3n) is 3.36. The fraction of sp³-hybridized carbons (Fsp3) is 0.667. The SMILES string of the molecule is COC1C(C)=C(C)C=C(C)C1(C)C. The van der Waals surface area contributed by atoms with Crippen LogP contribution in [0, 0.1) is 5.41 Å². The van der Waals surface area contributed by atoms with Crippen LogP contribution in [0.15, 0.2) is 22.8 Å². The van der Waals surface area contributed by atoms with Crippen molar-refractivity contribution in [2.24, 2.45) is 5.41 Å². The highest BCUT2D eigenvalue weighted by Crippen LogP contribution is 2.40. The molecule has 0 N–H and O–H groups in total. The van der Waals surface area contributed by atoms with Gasteiger partial charge in [-0.3, -0.25) is 0 Å². The molecule has 1 nitrogen and oxygen atoms in total. The van der Waals surface area contributed by atoms with Crippen LogP contribution in [-0.4, -0.2) is 13.2 Å². The van der Waals surface area contributed by atoms with Gasteiger partial charge in [-0.2, -0.15) is 0 Å². The molecular formula is C12H20O. The van der Waals surface area contributed by atoms with Crippen LogP contribution in [0.4, 0.5) is 0 Å². The Balaban J connectivity index is 3.16. The predicted octanol–water partition coefficient (Wildman–Crippen LogP) is 3.32. The van der Waals surface area contributed by atoms with E-state index in [0.29, 0.717) is 0 Å². The van der Waals surface area contributed by atoms with E-state index >= 15 is 0 Å². The van der Waals surface area contributed by atoms with Gasteiger partial charge in [0.15, 0.2) is 0 Å². The normalized spacial score (nSPS) is 27.5. The van der Waals surface area contributed by atoms with Crippen molar-refractivity contribution in [3.05, 3.63) is 22.8 Å². The number of rotatable bonds is 1. The summed E-state index contributed by atoms with van der Waals surface area (Å²) in [4.78, 5) is 0. The lowest BCUT2D eigenvalue weighted by Gasteiger charge is -2.39. The van der Waals surface area contributed by atoms with E-state index in [0.717, 1.165) is 0 Å². The predicted molar refractivity (Wildman–Crippen MR) is 56.7 cm³/mol. The molecule has 1 rings (SSSR count). The highest BCUT2D eigenvalue weighted by Gasteiger charge is 2.35. The topological polar surface area (TPSA) is 9.23 Å². The van der Waals surface area contributed by atoms with Gasteiger partial charge in [0.25, 0.3) is 0 Å². The molecule has 0 amide bonds. The van der Waals surface area contributed by atoms with Gasteiger partial charge in [0.05, 0.1) is 6.10 Å². The Morgan fingerprint density at radius 3 is 2.23 bits per heavy atom. The summed E-state index contributed by atoms with van der Waals surface area (Å²) < 4.78 is 5.56. The van der Waals surface area contributed by atoms with E-state index in [2.05, 4.69) is 40.7 Å². The van der Waals surface area contributed by atoms with E-state index in [1.54, 1.807) is 7.11 Å². The summed E-state index contributed by atoms with van der Waals surface area (Å²) in [7, 11) is 1.79. The van der Waals surface area contributed by atoms with Gasteiger partial charge in [0, 0.05) is 12.5 Å². The van der Waals surface area contributed by atoms with Gasteiger partial charge in [-0.25, -0.2) is 0 Å². The largest absolute Gasteiger partial charge is 0.376 e. The zero-order valence-electron chi connectivity index (χ0n) is 9.56. The molecule has 1 unspecified atom stereocenters. The van der Waals surface area contributed by atoms with E-state index in [-0.39, 0.29) is 11.5 Å². The molecular weight excluding hydrogens is 160 g/mol. The Bertz CT molecular complexity index is 269. The van der Waals surface area contributed by atoms with Crippen molar-refractivity contribution in [1.82, 2.24) is 0 Å². The Kier molecular flexibility index (Phi) is 2.67. The van der Waals surface area contributed by atoms with Crippen LogP contribution in [-0.2, 0) is 4.74 Å². The van der Waals surface area contributed by atoms with Gasteiger partial charge in [-0.05, 0) is 31.9 Å². The first kappa shape index (κ1) is 10.5. The molecule has 13 heavy (non-hydrogen) atoms. The Morgan fingerprint density at radius 1 is 1.23 bits per heavy atom. The average Bonchev–Trinajstić information content (AvgIpc) is 2.02. The minimum atomic E-state index is 0.137. The highest BCUT2D eigenvalue weighted by molar-refractivity contribution is 5.38. The van der Waals surface area contributed by atoms with Gasteiger partial charge in [0.2, 0.25) is 0 Å². The van der Waals surface area contributed by atoms with Crippen molar-refractivity contribution in [2.75, 3.05) is 7.11 Å². The fourth-order valence-corrected chi connectivity index (χ4v) is 2.05. The molecule has 1 aliphatic rings.